The van der Waals surface area contributed by atoms with Gasteiger partial charge in [0.2, 0.25) is 0 Å². The van der Waals surface area contributed by atoms with E-state index in [0.717, 1.165) is 20.3 Å². The number of ether oxygens (including phenoxy) is 2. The van der Waals surface area contributed by atoms with Crippen LogP contribution in [0.1, 0.15) is 21.5 Å². The van der Waals surface area contributed by atoms with Crippen LogP contribution >= 0.6 is 22.6 Å². The van der Waals surface area contributed by atoms with E-state index in [1.54, 1.807) is 18.2 Å². The number of anilines is 1. The number of carbonyl (C=O) groups excluding carboxylic acids is 2. The molecule has 0 spiro atoms. The lowest BCUT2D eigenvalue weighted by molar-refractivity contribution is -0.112. The molecule has 7 heteroatoms. The lowest BCUT2D eigenvalue weighted by Crippen LogP contribution is -2.13. The molecule has 4 aromatic rings. The smallest absolute Gasteiger partial charge is 0.337 e. The predicted octanol–water partition coefficient (Wildman–Crippen LogP) is 6.36. The molecule has 0 aliphatic carbocycles. The second-order valence-corrected chi connectivity index (χ2v) is 9.02. The fourth-order valence-corrected chi connectivity index (χ4v) is 4.23. The average Bonchev–Trinajstić information content (AvgIpc) is 2.91. The maximum Gasteiger partial charge on any atom is 0.337 e. The van der Waals surface area contributed by atoms with Crippen LogP contribution in [0.15, 0.2) is 90.5 Å². The first kappa shape index (κ1) is 24.9. The number of rotatable bonds is 7. The van der Waals surface area contributed by atoms with E-state index in [1.807, 2.05) is 36.4 Å². The van der Waals surface area contributed by atoms with Crippen molar-refractivity contribution in [1.29, 1.82) is 5.26 Å². The molecule has 4 rings (SSSR count). The standard InChI is InChI=1S/C29H21IN2O4/c1-35-29(34)22-9-11-25(12-10-22)32-28(33)24(17-31)14-19-7-13-27(26(30)16-19)36-18-20-6-8-21-4-2-3-5-23(21)15-20/h2-16H,18H2,1H3,(H,32,33)/b24-14+. The van der Waals surface area contributed by atoms with Crippen molar-refractivity contribution in [2.24, 2.45) is 0 Å². The Morgan fingerprint density at radius 2 is 1.72 bits per heavy atom. The van der Waals surface area contributed by atoms with E-state index in [0.29, 0.717) is 23.4 Å². The highest BCUT2D eigenvalue weighted by Crippen LogP contribution is 2.25. The van der Waals surface area contributed by atoms with Crippen molar-refractivity contribution in [3.05, 3.63) is 111 Å². The Morgan fingerprint density at radius 3 is 2.42 bits per heavy atom. The SMILES string of the molecule is COC(=O)c1ccc(NC(=O)/C(C#N)=C/c2ccc(OCc3ccc4ccccc4c3)c(I)c2)cc1. The fraction of sp³-hybridized carbons (Fsp3) is 0.0690. The number of hydrogen-bond acceptors (Lipinski definition) is 5. The number of halogens is 1. The van der Waals surface area contributed by atoms with Crippen molar-refractivity contribution in [3.8, 4) is 11.8 Å². The molecule has 178 valence electrons. The van der Waals surface area contributed by atoms with Crippen LogP contribution in [0.2, 0.25) is 0 Å². The maximum atomic E-state index is 12.6. The number of nitrogens with zero attached hydrogens (tertiary/aromatic N) is 1. The summed E-state index contributed by atoms with van der Waals surface area (Å²) in [5.74, 6) is -0.297. The topological polar surface area (TPSA) is 88.4 Å². The van der Waals surface area contributed by atoms with Crippen molar-refractivity contribution in [2.45, 2.75) is 6.61 Å². The fourth-order valence-electron chi connectivity index (χ4n) is 3.53. The minimum atomic E-state index is -0.546. The molecule has 0 radical (unpaired) electrons. The minimum Gasteiger partial charge on any atom is -0.488 e. The highest BCUT2D eigenvalue weighted by molar-refractivity contribution is 14.1. The van der Waals surface area contributed by atoms with Crippen molar-refractivity contribution in [2.75, 3.05) is 12.4 Å². The second-order valence-electron chi connectivity index (χ2n) is 7.85. The van der Waals surface area contributed by atoms with Gasteiger partial charge in [-0.1, -0.05) is 42.5 Å². The number of fused-ring (bicyclic) bond motifs is 1. The zero-order valence-electron chi connectivity index (χ0n) is 19.3. The van der Waals surface area contributed by atoms with Crippen LogP contribution in [-0.4, -0.2) is 19.0 Å². The first-order valence-corrected chi connectivity index (χ1v) is 12.1. The molecule has 0 aliphatic rings. The Kier molecular flexibility index (Phi) is 7.98. The lowest BCUT2D eigenvalue weighted by atomic mass is 10.1. The van der Waals surface area contributed by atoms with E-state index in [1.165, 1.54) is 30.7 Å². The number of nitriles is 1. The van der Waals surface area contributed by atoms with E-state index < -0.39 is 11.9 Å². The highest BCUT2D eigenvalue weighted by Gasteiger charge is 2.12. The molecule has 6 nitrogen and oxygen atoms in total. The summed E-state index contributed by atoms with van der Waals surface area (Å²) in [6, 6.07) is 28.1. The molecule has 0 atom stereocenters. The van der Waals surface area contributed by atoms with E-state index in [9.17, 15) is 14.9 Å². The van der Waals surface area contributed by atoms with Gasteiger partial charge in [-0.3, -0.25) is 4.79 Å². The number of esters is 1. The van der Waals surface area contributed by atoms with E-state index in [2.05, 4.69) is 56.9 Å². The molecule has 1 N–H and O–H groups in total. The molecule has 1 amide bonds. The van der Waals surface area contributed by atoms with Gasteiger partial charge in [0.25, 0.3) is 5.91 Å². The monoisotopic (exact) mass is 588 g/mol. The van der Waals surface area contributed by atoms with Gasteiger partial charge in [0, 0.05) is 5.69 Å². The van der Waals surface area contributed by atoms with E-state index in [-0.39, 0.29) is 5.57 Å². The Hall–Kier alpha value is -4.16. The summed E-state index contributed by atoms with van der Waals surface area (Å²) >= 11 is 2.17. The molecule has 0 heterocycles. The normalized spacial score (nSPS) is 11.0. The van der Waals surface area contributed by atoms with Crippen molar-refractivity contribution in [1.82, 2.24) is 0 Å². The molecule has 4 aromatic carbocycles. The molecule has 0 bridgehead atoms. The van der Waals surface area contributed by atoms with Gasteiger partial charge >= 0.3 is 5.97 Å². The van der Waals surface area contributed by atoms with Crippen LogP contribution in [0.3, 0.4) is 0 Å². The molecule has 36 heavy (non-hydrogen) atoms. The quantitative estimate of drug-likeness (QED) is 0.118. The Balaban J connectivity index is 1.42. The van der Waals surface area contributed by atoms with Gasteiger partial charge in [-0.25, -0.2) is 4.79 Å². The van der Waals surface area contributed by atoms with Crippen LogP contribution in [0.4, 0.5) is 5.69 Å². The largest absolute Gasteiger partial charge is 0.488 e. The lowest BCUT2D eigenvalue weighted by Gasteiger charge is -2.10. The van der Waals surface area contributed by atoms with E-state index >= 15 is 0 Å². The molecule has 0 aliphatic heterocycles. The summed E-state index contributed by atoms with van der Waals surface area (Å²) in [5.41, 5.74) is 2.54. The molecular formula is C29H21IN2O4. The van der Waals surface area contributed by atoms with Crippen LogP contribution in [0.25, 0.3) is 16.8 Å². The first-order chi connectivity index (χ1) is 17.5. The highest BCUT2D eigenvalue weighted by atomic mass is 127. The molecule has 0 saturated carbocycles. The number of hydrogen-bond donors (Lipinski definition) is 1. The number of carbonyl (C=O) groups is 2. The van der Waals surface area contributed by atoms with Crippen LogP contribution in [-0.2, 0) is 16.1 Å². The van der Waals surface area contributed by atoms with Gasteiger partial charge in [0.05, 0.1) is 16.2 Å². The van der Waals surface area contributed by atoms with Crippen molar-refractivity contribution < 1.29 is 19.1 Å². The maximum absolute atomic E-state index is 12.6. The second kappa shape index (κ2) is 11.5. The Morgan fingerprint density at radius 1 is 0.972 bits per heavy atom. The van der Waals surface area contributed by atoms with E-state index in [4.69, 9.17) is 4.74 Å². The summed E-state index contributed by atoms with van der Waals surface area (Å²) in [4.78, 5) is 24.2. The van der Waals surface area contributed by atoms with Gasteiger partial charge in [-0.05, 0) is 93.0 Å². The third-order valence-corrected chi connectivity index (χ3v) is 6.25. The Bertz CT molecular complexity index is 1500. The molecule has 0 aromatic heterocycles. The minimum absolute atomic E-state index is 0.0484. The van der Waals surface area contributed by atoms with Crippen molar-refractivity contribution >= 4 is 57.0 Å². The number of nitrogens with one attached hydrogen (secondary N) is 1. The third-order valence-electron chi connectivity index (χ3n) is 5.40. The number of amides is 1. The number of methoxy groups -OCH3 is 1. The molecular weight excluding hydrogens is 567 g/mol. The summed E-state index contributed by atoms with van der Waals surface area (Å²) < 4.78 is 11.5. The zero-order chi connectivity index (χ0) is 25.5. The summed E-state index contributed by atoms with van der Waals surface area (Å²) in [6.07, 6.45) is 1.52. The third kappa shape index (κ3) is 6.09. The average molecular weight is 588 g/mol. The van der Waals surface area contributed by atoms with Crippen LogP contribution in [0.5, 0.6) is 5.75 Å². The zero-order valence-corrected chi connectivity index (χ0v) is 21.5. The Labute approximate surface area is 222 Å². The van der Waals surface area contributed by atoms with Gasteiger partial charge in [-0.15, -0.1) is 0 Å². The summed E-state index contributed by atoms with van der Waals surface area (Å²) in [7, 11) is 1.30. The number of benzene rings is 4. The molecule has 0 saturated heterocycles. The van der Waals surface area contributed by atoms with Crippen LogP contribution in [0, 0.1) is 14.9 Å². The van der Waals surface area contributed by atoms with Crippen molar-refractivity contribution in [3.63, 3.8) is 0 Å². The van der Waals surface area contributed by atoms with Crippen LogP contribution < -0.4 is 10.1 Å². The first-order valence-electron chi connectivity index (χ1n) is 11.0. The van der Waals surface area contributed by atoms with Gasteiger partial charge in [0.1, 0.15) is 24.0 Å². The van der Waals surface area contributed by atoms with Gasteiger partial charge in [-0.2, -0.15) is 5.26 Å². The predicted molar refractivity (Wildman–Crippen MR) is 147 cm³/mol. The van der Waals surface area contributed by atoms with Gasteiger partial charge in [0.15, 0.2) is 0 Å². The summed E-state index contributed by atoms with van der Waals surface area (Å²) in [5, 5.41) is 14.5. The molecule has 0 unspecified atom stereocenters. The van der Waals surface area contributed by atoms with Gasteiger partial charge < -0.3 is 14.8 Å². The summed E-state index contributed by atoms with van der Waals surface area (Å²) in [6.45, 7) is 0.427. The molecule has 0 fully saturated rings.